The smallest absolute Gasteiger partial charge is 0.326 e. The van der Waals surface area contributed by atoms with Crippen LogP contribution in [0.15, 0.2) is 34.8 Å². The molecular weight excluding hydrogens is 322 g/mol. The van der Waals surface area contributed by atoms with Crippen molar-refractivity contribution in [1.82, 2.24) is 4.90 Å². The standard InChI is InChI=1S/C15H16BrNO3/c16-12-6-2-1-5-11(12)8-9-14(18)17-10-4-3-7-13(17)15(19)20/h1-2,5-6,8-9,13H,3-4,7,10H2,(H,19,20)/b9-8+. The highest BCUT2D eigenvalue weighted by atomic mass is 79.9. The highest BCUT2D eigenvalue weighted by Crippen LogP contribution is 2.20. The van der Waals surface area contributed by atoms with Crippen LogP contribution >= 0.6 is 15.9 Å². The molecule has 1 amide bonds. The molecular formula is C15H16BrNO3. The van der Waals surface area contributed by atoms with Crippen molar-refractivity contribution in [2.75, 3.05) is 6.54 Å². The summed E-state index contributed by atoms with van der Waals surface area (Å²) in [6.45, 7) is 0.510. The molecule has 1 N–H and O–H groups in total. The molecule has 106 valence electrons. The first-order valence-electron chi connectivity index (χ1n) is 6.55. The summed E-state index contributed by atoms with van der Waals surface area (Å²) in [5, 5.41) is 9.16. The lowest BCUT2D eigenvalue weighted by Gasteiger charge is -2.32. The number of carboxylic acids is 1. The summed E-state index contributed by atoms with van der Waals surface area (Å²) >= 11 is 3.41. The Morgan fingerprint density at radius 1 is 1.30 bits per heavy atom. The SMILES string of the molecule is O=C(O)C1CCCCN1C(=O)/C=C/c1ccccc1Br. The van der Waals surface area contributed by atoms with Crippen LogP contribution in [0.2, 0.25) is 0 Å². The first-order chi connectivity index (χ1) is 9.59. The van der Waals surface area contributed by atoms with Crippen molar-refractivity contribution < 1.29 is 14.7 Å². The van der Waals surface area contributed by atoms with Gasteiger partial charge in [-0.25, -0.2) is 4.79 Å². The highest BCUT2D eigenvalue weighted by Gasteiger charge is 2.30. The van der Waals surface area contributed by atoms with Gasteiger partial charge in [-0.2, -0.15) is 0 Å². The predicted molar refractivity (Wildman–Crippen MR) is 80.2 cm³/mol. The third-order valence-corrected chi connectivity index (χ3v) is 4.10. The van der Waals surface area contributed by atoms with E-state index in [0.717, 1.165) is 22.9 Å². The Morgan fingerprint density at radius 3 is 2.75 bits per heavy atom. The lowest BCUT2D eigenvalue weighted by molar-refractivity contribution is -0.150. The molecule has 1 aliphatic rings. The van der Waals surface area contributed by atoms with E-state index in [2.05, 4.69) is 15.9 Å². The molecule has 1 unspecified atom stereocenters. The van der Waals surface area contributed by atoms with E-state index in [9.17, 15) is 9.59 Å². The zero-order chi connectivity index (χ0) is 14.5. The van der Waals surface area contributed by atoms with Gasteiger partial charge in [0.2, 0.25) is 5.91 Å². The van der Waals surface area contributed by atoms with E-state index in [-0.39, 0.29) is 5.91 Å². The molecule has 4 nitrogen and oxygen atoms in total. The lowest BCUT2D eigenvalue weighted by atomic mass is 10.0. The zero-order valence-corrected chi connectivity index (χ0v) is 12.5. The van der Waals surface area contributed by atoms with Crippen LogP contribution in [0.3, 0.4) is 0 Å². The molecule has 0 spiro atoms. The summed E-state index contributed by atoms with van der Waals surface area (Å²) in [7, 11) is 0. The molecule has 1 aromatic rings. The predicted octanol–water partition coefficient (Wildman–Crippen LogP) is 2.93. The first kappa shape index (κ1) is 14.8. The second-order valence-electron chi connectivity index (χ2n) is 4.74. The minimum absolute atomic E-state index is 0.243. The summed E-state index contributed by atoms with van der Waals surface area (Å²) in [6.07, 6.45) is 5.40. The molecule has 0 radical (unpaired) electrons. The van der Waals surface area contributed by atoms with E-state index < -0.39 is 12.0 Å². The van der Waals surface area contributed by atoms with Crippen molar-refractivity contribution in [3.8, 4) is 0 Å². The molecule has 1 aliphatic heterocycles. The summed E-state index contributed by atoms with van der Waals surface area (Å²) in [4.78, 5) is 24.8. The summed E-state index contributed by atoms with van der Waals surface area (Å²) in [5.41, 5.74) is 0.893. The van der Waals surface area contributed by atoms with Gasteiger partial charge in [-0.05, 0) is 37.0 Å². The van der Waals surface area contributed by atoms with Crippen LogP contribution < -0.4 is 0 Å². The van der Waals surface area contributed by atoms with Crippen molar-refractivity contribution in [1.29, 1.82) is 0 Å². The van der Waals surface area contributed by atoms with Gasteiger partial charge in [-0.3, -0.25) is 4.79 Å². The van der Waals surface area contributed by atoms with E-state index in [4.69, 9.17) is 5.11 Å². The number of carbonyl (C=O) groups is 2. The molecule has 1 aromatic carbocycles. The summed E-state index contributed by atoms with van der Waals surface area (Å²) in [5.74, 6) is -1.17. The van der Waals surface area contributed by atoms with Crippen LogP contribution in [0.5, 0.6) is 0 Å². The topological polar surface area (TPSA) is 57.6 Å². The fraction of sp³-hybridized carbons (Fsp3) is 0.333. The van der Waals surface area contributed by atoms with Crippen molar-refractivity contribution in [2.45, 2.75) is 25.3 Å². The van der Waals surface area contributed by atoms with E-state index in [1.807, 2.05) is 24.3 Å². The maximum Gasteiger partial charge on any atom is 0.326 e. The Kier molecular flexibility index (Phi) is 4.95. The van der Waals surface area contributed by atoms with Crippen LogP contribution in [0.4, 0.5) is 0 Å². The number of halogens is 1. The van der Waals surface area contributed by atoms with Crippen LogP contribution in [-0.2, 0) is 9.59 Å². The van der Waals surface area contributed by atoms with E-state index in [1.54, 1.807) is 6.08 Å². The third kappa shape index (κ3) is 3.48. The number of carbonyl (C=O) groups excluding carboxylic acids is 1. The monoisotopic (exact) mass is 337 g/mol. The number of amides is 1. The largest absolute Gasteiger partial charge is 0.480 e. The Balaban J connectivity index is 2.10. The minimum Gasteiger partial charge on any atom is -0.480 e. The molecule has 5 heteroatoms. The fourth-order valence-electron chi connectivity index (χ4n) is 2.32. The van der Waals surface area contributed by atoms with Gasteiger partial charge in [-0.15, -0.1) is 0 Å². The van der Waals surface area contributed by atoms with E-state index in [1.165, 1.54) is 11.0 Å². The van der Waals surface area contributed by atoms with Gasteiger partial charge in [0.1, 0.15) is 6.04 Å². The van der Waals surface area contributed by atoms with Crippen molar-refractivity contribution in [2.24, 2.45) is 0 Å². The Hall–Kier alpha value is -1.62. The molecule has 0 bridgehead atoms. The van der Waals surface area contributed by atoms with Gasteiger partial charge in [-0.1, -0.05) is 34.1 Å². The average molecular weight is 338 g/mol. The number of carboxylic acid groups (broad SMARTS) is 1. The molecule has 1 fully saturated rings. The van der Waals surface area contributed by atoms with Crippen LogP contribution in [0, 0.1) is 0 Å². The number of rotatable bonds is 3. The Bertz CT molecular complexity index is 542. The second kappa shape index (κ2) is 6.70. The van der Waals surface area contributed by atoms with Crippen LogP contribution in [0.1, 0.15) is 24.8 Å². The van der Waals surface area contributed by atoms with Gasteiger partial charge < -0.3 is 10.0 Å². The third-order valence-electron chi connectivity index (χ3n) is 3.38. The van der Waals surface area contributed by atoms with Gasteiger partial charge in [0.15, 0.2) is 0 Å². The maximum absolute atomic E-state index is 12.2. The molecule has 0 aliphatic carbocycles. The van der Waals surface area contributed by atoms with Gasteiger partial charge in [0.05, 0.1) is 0 Å². The maximum atomic E-state index is 12.2. The summed E-state index contributed by atoms with van der Waals surface area (Å²) < 4.78 is 0.900. The van der Waals surface area contributed by atoms with Gasteiger partial charge >= 0.3 is 5.97 Å². The number of hydrogen-bond donors (Lipinski definition) is 1. The fourth-order valence-corrected chi connectivity index (χ4v) is 2.74. The quantitative estimate of drug-likeness (QED) is 0.862. The zero-order valence-electron chi connectivity index (χ0n) is 11.0. The average Bonchev–Trinajstić information content (AvgIpc) is 2.46. The molecule has 2 rings (SSSR count). The molecule has 20 heavy (non-hydrogen) atoms. The number of hydrogen-bond acceptors (Lipinski definition) is 2. The van der Waals surface area contributed by atoms with Crippen molar-refractivity contribution in [3.63, 3.8) is 0 Å². The van der Waals surface area contributed by atoms with Crippen LogP contribution in [-0.4, -0.2) is 34.5 Å². The minimum atomic E-state index is -0.924. The van der Waals surface area contributed by atoms with Crippen LogP contribution in [0.25, 0.3) is 6.08 Å². The first-order valence-corrected chi connectivity index (χ1v) is 7.35. The number of benzene rings is 1. The summed E-state index contributed by atoms with van der Waals surface area (Å²) in [6, 6.07) is 6.87. The number of aliphatic carboxylic acids is 1. The number of likely N-dealkylation sites (tertiary alicyclic amines) is 1. The van der Waals surface area contributed by atoms with E-state index in [0.29, 0.717) is 13.0 Å². The Morgan fingerprint density at radius 2 is 2.05 bits per heavy atom. The van der Waals surface area contributed by atoms with Crippen molar-refractivity contribution in [3.05, 3.63) is 40.4 Å². The second-order valence-corrected chi connectivity index (χ2v) is 5.59. The van der Waals surface area contributed by atoms with Crippen molar-refractivity contribution >= 4 is 33.9 Å². The molecule has 0 saturated carbocycles. The Labute approximate surface area is 126 Å². The molecule has 1 heterocycles. The highest BCUT2D eigenvalue weighted by molar-refractivity contribution is 9.10. The van der Waals surface area contributed by atoms with Gasteiger partial charge in [0, 0.05) is 17.1 Å². The lowest BCUT2D eigenvalue weighted by Crippen LogP contribution is -2.47. The number of nitrogens with zero attached hydrogens (tertiary/aromatic N) is 1. The molecule has 1 saturated heterocycles. The number of piperidine rings is 1. The van der Waals surface area contributed by atoms with E-state index >= 15 is 0 Å². The molecule has 1 atom stereocenters. The normalized spacial score (nSPS) is 19.2. The molecule has 0 aromatic heterocycles. The van der Waals surface area contributed by atoms with Gasteiger partial charge in [0.25, 0.3) is 0 Å².